The first-order chi connectivity index (χ1) is 28.4. The van der Waals surface area contributed by atoms with Crippen molar-refractivity contribution in [2.45, 2.75) is 63.1 Å². The van der Waals surface area contributed by atoms with E-state index in [0.29, 0.717) is 42.3 Å². The van der Waals surface area contributed by atoms with Crippen LogP contribution in [0.4, 0.5) is 44.0 Å². The van der Waals surface area contributed by atoms with E-state index in [1.54, 1.807) is 61.7 Å². The Morgan fingerprint density at radius 2 is 1.13 bits per heavy atom. The van der Waals surface area contributed by atoms with Gasteiger partial charge in [0.2, 0.25) is 0 Å². The van der Waals surface area contributed by atoms with Crippen molar-refractivity contribution in [3.8, 4) is 0 Å². The highest BCUT2D eigenvalue weighted by Gasteiger charge is 2.42. The fourth-order valence-corrected chi connectivity index (χ4v) is 7.74. The Morgan fingerprint density at radius 1 is 0.689 bits per heavy atom. The van der Waals surface area contributed by atoms with Crippen LogP contribution in [0.5, 0.6) is 0 Å². The monoisotopic (exact) mass is 873 g/mol. The zero-order valence-corrected chi connectivity index (χ0v) is 35.9. The van der Waals surface area contributed by atoms with Crippen LogP contribution >= 0.6 is 27.0 Å². The van der Waals surface area contributed by atoms with Crippen LogP contribution < -0.4 is 47.1 Å². The molecule has 4 aromatic heterocycles. The van der Waals surface area contributed by atoms with Crippen LogP contribution in [0.15, 0.2) is 70.5 Å². The van der Waals surface area contributed by atoms with Gasteiger partial charge in [0.15, 0.2) is 23.1 Å². The van der Waals surface area contributed by atoms with Crippen LogP contribution in [0.3, 0.4) is 0 Å². The Kier molecular flexibility index (Phi) is 13.5. The van der Waals surface area contributed by atoms with E-state index < -0.39 is 12.0 Å². The van der Waals surface area contributed by atoms with E-state index in [2.05, 4.69) is 30.4 Å². The van der Waals surface area contributed by atoms with Crippen molar-refractivity contribution in [3.63, 3.8) is 0 Å². The maximum Gasteiger partial charge on any atom is 0.354 e. The molecule has 4 aliphatic heterocycles. The van der Waals surface area contributed by atoms with E-state index in [-0.39, 0.29) is 79.1 Å². The second-order valence-electron chi connectivity index (χ2n) is 15.8. The molecule has 324 valence electrons. The van der Waals surface area contributed by atoms with Gasteiger partial charge in [-0.05, 0) is 93.0 Å². The summed E-state index contributed by atoms with van der Waals surface area (Å²) in [6, 6.07) is 12.8. The minimum Gasteiger partial charge on any atom is -0.477 e. The SMILES string of the molecule is Cn1cccc(NC(=O)N2c3nc(C(=O)CC4CC4)ccc3N3CC[C@H]2C3)c1=O.Cn1cccc(NC(=O)N2c3nc(C(=O)O)ccc3N3CC[C@H]2C3)c1=O.NC1CC1.S.S. The fraction of sp³-hybridized carbons (Fsp3) is 0.415. The lowest BCUT2D eigenvalue weighted by atomic mass is 10.1. The van der Waals surface area contributed by atoms with Gasteiger partial charge in [0.05, 0.1) is 23.5 Å². The number of anilines is 6. The maximum atomic E-state index is 13.2. The third kappa shape index (κ3) is 9.55. The molecule has 0 radical (unpaired) electrons. The first kappa shape index (κ1) is 44.7. The zero-order chi connectivity index (χ0) is 41.5. The summed E-state index contributed by atoms with van der Waals surface area (Å²) in [6.45, 7) is 2.99. The highest BCUT2D eigenvalue weighted by molar-refractivity contribution is 7.59. The Labute approximate surface area is 365 Å². The second kappa shape index (κ2) is 18.4. The number of carbonyl (C=O) groups excluding carboxylic acids is 3. The van der Waals surface area contributed by atoms with E-state index in [0.717, 1.165) is 56.7 Å². The highest BCUT2D eigenvalue weighted by atomic mass is 32.1. The van der Waals surface area contributed by atoms with Gasteiger partial charge in [-0.15, -0.1) is 0 Å². The molecule has 2 saturated carbocycles. The molecule has 5 N–H and O–H groups in total. The number of hydrogen-bond donors (Lipinski definition) is 4. The molecule has 8 heterocycles. The average molecular weight is 874 g/mol. The second-order valence-corrected chi connectivity index (χ2v) is 15.8. The minimum atomic E-state index is -1.15. The molecule has 2 atom stereocenters. The third-order valence-electron chi connectivity index (χ3n) is 11.4. The number of carbonyl (C=O) groups is 4. The summed E-state index contributed by atoms with van der Waals surface area (Å²) in [5.41, 5.74) is 6.88. The summed E-state index contributed by atoms with van der Waals surface area (Å²) in [7, 11) is 3.24. The summed E-state index contributed by atoms with van der Waals surface area (Å²) >= 11 is 0. The number of nitrogens with zero attached hydrogens (tertiary/aromatic N) is 8. The molecule has 18 nitrogen and oxygen atoms in total. The number of urea groups is 2. The predicted octanol–water partition coefficient (Wildman–Crippen LogP) is 3.84. The number of hydrogen-bond acceptors (Lipinski definition) is 11. The lowest BCUT2D eigenvalue weighted by Crippen LogP contribution is -2.49. The van der Waals surface area contributed by atoms with Crippen molar-refractivity contribution in [2.24, 2.45) is 25.7 Å². The zero-order valence-electron chi connectivity index (χ0n) is 33.9. The van der Waals surface area contributed by atoms with Gasteiger partial charge in [-0.3, -0.25) is 24.2 Å². The number of rotatable bonds is 6. The van der Waals surface area contributed by atoms with Gasteiger partial charge in [0, 0.05) is 65.1 Å². The van der Waals surface area contributed by atoms with E-state index in [1.165, 1.54) is 39.0 Å². The van der Waals surface area contributed by atoms with E-state index in [9.17, 15) is 33.9 Å². The molecule has 6 aliphatic rings. The minimum absolute atomic E-state index is 0. The van der Waals surface area contributed by atoms with Crippen LogP contribution in [0, 0.1) is 5.92 Å². The van der Waals surface area contributed by atoms with Crippen molar-refractivity contribution < 1.29 is 24.3 Å². The van der Waals surface area contributed by atoms with Crippen LogP contribution in [0.25, 0.3) is 0 Å². The molecule has 0 aromatic carbocycles. The molecule has 0 spiro atoms. The third-order valence-corrected chi connectivity index (χ3v) is 11.4. The van der Waals surface area contributed by atoms with Crippen LogP contribution in [0.1, 0.15) is 65.9 Å². The number of carboxylic acids is 1. The maximum absolute atomic E-state index is 13.2. The van der Waals surface area contributed by atoms with E-state index >= 15 is 0 Å². The quantitative estimate of drug-likeness (QED) is 0.203. The number of ketones is 1. The number of nitrogens with one attached hydrogen (secondary N) is 2. The Hall–Kier alpha value is -5.86. The van der Waals surface area contributed by atoms with E-state index in [1.807, 2.05) is 6.07 Å². The fourth-order valence-electron chi connectivity index (χ4n) is 7.74. The summed E-state index contributed by atoms with van der Waals surface area (Å²) in [5, 5.41) is 14.6. The van der Waals surface area contributed by atoms with Crippen molar-refractivity contribution in [1.29, 1.82) is 0 Å². The van der Waals surface area contributed by atoms with Gasteiger partial charge >= 0.3 is 18.0 Å². The number of pyridine rings is 4. The van der Waals surface area contributed by atoms with E-state index in [4.69, 9.17) is 5.73 Å². The number of aromatic carboxylic acids is 1. The first-order valence-electron chi connectivity index (χ1n) is 19.9. The summed E-state index contributed by atoms with van der Waals surface area (Å²) in [4.78, 5) is 90.6. The molecule has 4 amide bonds. The number of Topliss-reactive ketones (excluding diaryl/α,β-unsaturated/α-hetero) is 1. The van der Waals surface area contributed by atoms with Gasteiger partial charge in [-0.1, -0.05) is 0 Å². The summed E-state index contributed by atoms with van der Waals surface area (Å²) in [5.74, 6) is 0.169. The van der Waals surface area contributed by atoms with Crippen molar-refractivity contribution in [1.82, 2.24) is 19.1 Å². The molecule has 0 unspecified atom stereocenters. The molecule has 10 rings (SSSR count). The Balaban J connectivity index is 0.000000182. The number of fused-ring (bicyclic) bond motifs is 8. The molecule has 4 fully saturated rings. The predicted molar refractivity (Wildman–Crippen MR) is 243 cm³/mol. The molecule has 2 saturated heterocycles. The highest BCUT2D eigenvalue weighted by Crippen LogP contribution is 2.41. The molecular formula is C41H51N11O7S2. The first-order valence-corrected chi connectivity index (χ1v) is 19.9. The number of aromatic nitrogens is 4. The lowest BCUT2D eigenvalue weighted by molar-refractivity contribution is 0.0690. The van der Waals surface area contributed by atoms with Gasteiger partial charge in [-0.2, -0.15) is 27.0 Å². The number of nitrogens with two attached hydrogens (primary N) is 1. The van der Waals surface area contributed by atoms with Crippen LogP contribution in [0.2, 0.25) is 0 Å². The smallest absolute Gasteiger partial charge is 0.354 e. The summed E-state index contributed by atoms with van der Waals surface area (Å²) in [6.07, 6.45) is 10.1. The van der Waals surface area contributed by atoms with Crippen molar-refractivity contribution in [3.05, 3.63) is 93.0 Å². The molecule has 20 heteroatoms. The standard InChI is InChI=1S/C21H23N5O3.C17H17N5O4.C3H7N.2H2S/c1-24-9-2-3-16(20(24)28)23-21(29)26-14-8-10-25(12-14)17-7-6-15(22-19(17)26)18(27)11-13-4-5-13;1-20-7-2-3-11(15(20)23)19-17(26)22-10-6-8-21(9-10)13-5-4-12(16(24)25)18-14(13)22;4-3-1-2-3;;/h2-3,6-7,9,13-14H,4-5,8,10-12H2,1H3,(H,23,29);2-5,7,10H,6,8-9H2,1H3,(H,19,26)(H,24,25);3H,1-2,4H2;2*1H2/t14-;10-;;;/m00.../s1. The number of carboxylic acid groups (broad SMARTS) is 1. The normalized spacial score (nSPS) is 18.7. The topological polar surface area (TPSA) is 221 Å². The van der Waals surface area contributed by atoms with Gasteiger partial charge < -0.3 is 40.4 Å². The van der Waals surface area contributed by atoms with Crippen molar-refractivity contribution in [2.75, 3.05) is 56.4 Å². The molecule has 2 aliphatic carbocycles. The van der Waals surface area contributed by atoms with Crippen molar-refractivity contribution >= 4 is 85.2 Å². The van der Waals surface area contributed by atoms with Gasteiger partial charge in [0.25, 0.3) is 11.1 Å². The number of aryl methyl sites for hydroxylation is 2. The molecule has 4 bridgehead atoms. The number of amides is 4. The van der Waals surface area contributed by atoms with Crippen LogP contribution in [-0.4, -0.2) is 92.3 Å². The van der Waals surface area contributed by atoms with Gasteiger partial charge in [0.1, 0.15) is 17.1 Å². The Bertz CT molecular complexity index is 2460. The molecule has 4 aromatic rings. The summed E-state index contributed by atoms with van der Waals surface area (Å²) < 4.78 is 2.79. The molecule has 61 heavy (non-hydrogen) atoms. The molecular weight excluding hydrogens is 823 g/mol. The Morgan fingerprint density at radius 3 is 1.56 bits per heavy atom. The van der Waals surface area contributed by atoms with Gasteiger partial charge in [-0.25, -0.2) is 24.4 Å². The van der Waals surface area contributed by atoms with Crippen LogP contribution in [-0.2, 0) is 14.1 Å². The largest absolute Gasteiger partial charge is 0.477 e. The lowest BCUT2D eigenvalue weighted by Gasteiger charge is -2.35. The average Bonchev–Trinajstić information content (AvgIpc) is 4.13.